The summed E-state index contributed by atoms with van der Waals surface area (Å²) in [5.41, 5.74) is 0. The maximum atomic E-state index is 5.11. The van der Waals surface area contributed by atoms with E-state index in [2.05, 4.69) is 11.5 Å². The molecule has 1 fully saturated rings. The van der Waals surface area contributed by atoms with E-state index in [4.69, 9.17) is 10.7 Å². The Labute approximate surface area is 67.8 Å². The molecule has 1 saturated heterocycles. The second-order valence-electron chi connectivity index (χ2n) is 2.95. The summed E-state index contributed by atoms with van der Waals surface area (Å²) >= 11 is 0. The molecule has 0 aromatic heterocycles. The standard InChI is InChI=1S/C8H16N2O/c1-2-5-10-6-3-4-8(7-10)11-9/h2,8H,1,3-7,9H2. The van der Waals surface area contributed by atoms with Gasteiger partial charge in [0.1, 0.15) is 0 Å². The first kappa shape index (κ1) is 8.71. The molecule has 3 nitrogen and oxygen atoms in total. The Morgan fingerprint density at radius 2 is 2.55 bits per heavy atom. The van der Waals surface area contributed by atoms with E-state index >= 15 is 0 Å². The van der Waals surface area contributed by atoms with E-state index in [-0.39, 0.29) is 6.10 Å². The summed E-state index contributed by atoms with van der Waals surface area (Å²) in [4.78, 5) is 7.09. The molecule has 1 aliphatic rings. The molecule has 3 heteroatoms. The molecule has 0 amide bonds. The van der Waals surface area contributed by atoms with Crippen molar-refractivity contribution in [2.75, 3.05) is 19.6 Å². The van der Waals surface area contributed by atoms with Crippen molar-refractivity contribution in [1.29, 1.82) is 0 Å². The van der Waals surface area contributed by atoms with Crippen LogP contribution in [0, 0.1) is 0 Å². The molecule has 1 rings (SSSR count). The summed E-state index contributed by atoms with van der Waals surface area (Å²) in [5, 5.41) is 0. The van der Waals surface area contributed by atoms with Gasteiger partial charge in [0.2, 0.25) is 0 Å². The number of nitrogens with zero attached hydrogens (tertiary/aromatic N) is 1. The van der Waals surface area contributed by atoms with Gasteiger partial charge in [-0.05, 0) is 19.4 Å². The number of nitrogens with two attached hydrogens (primary N) is 1. The van der Waals surface area contributed by atoms with Crippen LogP contribution in [0.25, 0.3) is 0 Å². The molecule has 0 radical (unpaired) electrons. The van der Waals surface area contributed by atoms with Crippen LogP contribution in [0.1, 0.15) is 12.8 Å². The third kappa shape index (κ3) is 2.61. The van der Waals surface area contributed by atoms with Crippen molar-refractivity contribution in [3.8, 4) is 0 Å². The highest BCUT2D eigenvalue weighted by Gasteiger charge is 2.18. The van der Waals surface area contributed by atoms with Crippen molar-refractivity contribution in [1.82, 2.24) is 4.90 Å². The molecule has 2 N–H and O–H groups in total. The van der Waals surface area contributed by atoms with Crippen molar-refractivity contribution in [2.24, 2.45) is 5.90 Å². The molecule has 1 heterocycles. The van der Waals surface area contributed by atoms with Gasteiger partial charge in [0.25, 0.3) is 0 Å². The lowest BCUT2D eigenvalue weighted by Gasteiger charge is -2.30. The van der Waals surface area contributed by atoms with Gasteiger partial charge in [0.05, 0.1) is 6.10 Å². The lowest BCUT2D eigenvalue weighted by molar-refractivity contribution is 0.00170. The molecule has 1 aliphatic heterocycles. The number of rotatable bonds is 3. The predicted molar refractivity (Wildman–Crippen MR) is 44.9 cm³/mol. The normalized spacial score (nSPS) is 26.8. The van der Waals surface area contributed by atoms with Crippen LogP contribution in [0.15, 0.2) is 12.7 Å². The molecule has 0 aliphatic carbocycles. The van der Waals surface area contributed by atoms with Gasteiger partial charge >= 0.3 is 0 Å². The molecule has 0 saturated carbocycles. The highest BCUT2D eigenvalue weighted by Crippen LogP contribution is 2.10. The zero-order valence-corrected chi connectivity index (χ0v) is 6.83. The van der Waals surface area contributed by atoms with Gasteiger partial charge in [-0.25, -0.2) is 5.90 Å². The Morgan fingerprint density at radius 3 is 3.18 bits per heavy atom. The van der Waals surface area contributed by atoms with Crippen molar-refractivity contribution in [3.63, 3.8) is 0 Å². The van der Waals surface area contributed by atoms with E-state index in [0.717, 1.165) is 26.1 Å². The van der Waals surface area contributed by atoms with Gasteiger partial charge in [-0.3, -0.25) is 9.74 Å². The average Bonchev–Trinajstić information content (AvgIpc) is 2.06. The van der Waals surface area contributed by atoms with E-state index in [9.17, 15) is 0 Å². The zero-order chi connectivity index (χ0) is 8.10. The van der Waals surface area contributed by atoms with E-state index in [1.54, 1.807) is 0 Å². The number of piperidine rings is 1. The molecule has 0 spiro atoms. The van der Waals surface area contributed by atoms with E-state index in [0.29, 0.717) is 0 Å². The van der Waals surface area contributed by atoms with Crippen molar-refractivity contribution in [2.45, 2.75) is 18.9 Å². The highest BCUT2D eigenvalue weighted by atomic mass is 16.6. The number of hydrogen-bond acceptors (Lipinski definition) is 3. The largest absolute Gasteiger partial charge is 0.300 e. The number of likely N-dealkylation sites (tertiary alicyclic amines) is 1. The molecular formula is C8H16N2O. The number of hydrogen-bond donors (Lipinski definition) is 1. The Hall–Kier alpha value is -0.380. The van der Waals surface area contributed by atoms with Crippen LogP contribution < -0.4 is 5.90 Å². The molecule has 11 heavy (non-hydrogen) atoms. The van der Waals surface area contributed by atoms with Crippen LogP contribution >= 0.6 is 0 Å². The van der Waals surface area contributed by atoms with Crippen molar-refractivity contribution >= 4 is 0 Å². The minimum Gasteiger partial charge on any atom is -0.300 e. The Bertz CT molecular complexity index is 127. The molecule has 1 atom stereocenters. The lowest BCUT2D eigenvalue weighted by Crippen LogP contribution is -2.40. The third-order valence-electron chi connectivity index (χ3n) is 2.04. The fourth-order valence-corrected chi connectivity index (χ4v) is 1.47. The Morgan fingerprint density at radius 1 is 1.73 bits per heavy atom. The van der Waals surface area contributed by atoms with E-state index < -0.39 is 0 Å². The van der Waals surface area contributed by atoms with Crippen LogP contribution in [0.4, 0.5) is 0 Å². The average molecular weight is 156 g/mol. The lowest BCUT2D eigenvalue weighted by atomic mass is 10.1. The highest BCUT2D eigenvalue weighted by molar-refractivity contribution is 4.79. The molecule has 0 aromatic carbocycles. The van der Waals surface area contributed by atoms with Gasteiger partial charge in [-0.2, -0.15) is 0 Å². The summed E-state index contributed by atoms with van der Waals surface area (Å²) in [7, 11) is 0. The zero-order valence-electron chi connectivity index (χ0n) is 6.83. The molecule has 0 bridgehead atoms. The van der Waals surface area contributed by atoms with Crippen molar-refractivity contribution < 1.29 is 4.84 Å². The van der Waals surface area contributed by atoms with Gasteiger partial charge in [0, 0.05) is 13.1 Å². The van der Waals surface area contributed by atoms with Crippen LogP contribution in [0.3, 0.4) is 0 Å². The second-order valence-corrected chi connectivity index (χ2v) is 2.95. The molecule has 0 aromatic rings. The van der Waals surface area contributed by atoms with Gasteiger partial charge in [0.15, 0.2) is 0 Å². The quantitative estimate of drug-likeness (QED) is 0.478. The monoisotopic (exact) mass is 156 g/mol. The van der Waals surface area contributed by atoms with Crippen LogP contribution in [-0.4, -0.2) is 30.6 Å². The second kappa shape index (κ2) is 4.49. The smallest absolute Gasteiger partial charge is 0.0914 e. The van der Waals surface area contributed by atoms with Crippen LogP contribution in [0.5, 0.6) is 0 Å². The maximum absolute atomic E-state index is 5.11. The molecule has 64 valence electrons. The minimum absolute atomic E-state index is 0.226. The summed E-state index contributed by atoms with van der Waals surface area (Å²) in [6.07, 6.45) is 4.40. The minimum atomic E-state index is 0.226. The Kier molecular flexibility index (Phi) is 3.56. The predicted octanol–water partition coefficient (Wildman–Crippen LogP) is 0.527. The van der Waals surface area contributed by atoms with Gasteiger partial charge in [-0.15, -0.1) is 6.58 Å². The Balaban J connectivity index is 2.27. The van der Waals surface area contributed by atoms with Crippen molar-refractivity contribution in [3.05, 3.63) is 12.7 Å². The van der Waals surface area contributed by atoms with E-state index in [1.807, 2.05) is 6.08 Å². The van der Waals surface area contributed by atoms with Crippen LogP contribution in [-0.2, 0) is 4.84 Å². The van der Waals surface area contributed by atoms with Crippen LogP contribution in [0.2, 0.25) is 0 Å². The molecular weight excluding hydrogens is 140 g/mol. The van der Waals surface area contributed by atoms with E-state index in [1.165, 1.54) is 6.42 Å². The first-order valence-electron chi connectivity index (χ1n) is 4.05. The SMILES string of the molecule is C=CCN1CCCC(ON)C1. The first-order valence-corrected chi connectivity index (χ1v) is 4.05. The summed E-state index contributed by atoms with van der Waals surface area (Å²) in [6.45, 7) is 6.73. The topological polar surface area (TPSA) is 38.5 Å². The third-order valence-corrected chi connectivity index (χ3v) is 2.04. The summed E-state index contributed by atoms with van der Waals surface area (Å²) in [5.74, 6) is 5.11. The maximum Gasteiger partial charge on any atom is 0.0914 e. The molecule has 1 unspecified atom stereocenters. The van der Waals surface area contributed by atoms with Gasteiger partial charge < -0.3 is 0 Å². The van der Waals surface area contributed by atoms with Gasteiger partial charge in [-0.1, -0.05) is 6.08 Å². The first-order chi connectivity index (χ1) is 5.36. The fourth-order valence-electron chi connectivity index (χ4n) is 1.47. The summed E-state index contributed by atoms with van der Waals surface area (Å²) < 4.78 is 0. The fraction of sp³-hybridized carbons (Fsp3) is 0.750. The summed E-state index contributed by atoms with van der Waals surface area (Å²) in [6, 6.07) is 0.